The third kappa shape index (κ3) is 3.73. The molecule has 2 aliphatic rings. The molecule has 0 amide bonds. The molecule has 0 radical (unpaired) electrons. The van der Waals surface area contributed by atoms with Gasteiger partial charge in [0.2, 0.25) is 10.9 Å². The lowest BCUT2D eigenvalue weighted by Crippen LogP contribution is -2.50. The van der Waals surface area contributed by atoms with Crippen molar-refractivity contribution < 1.29 is 5.11 Å². The van der Waals surface area contributed by atoms with Crippen LogP contribution in [0.25, 0.3) is 5.82 Å². The number of likely N-dealkylation sites (tertiary alicyclic amines) is 1. The van der Waals surface area contributed by atoms with E-state index in [1.165, 1.54) is 11.0 Å². The number of anilines is 1. The van der Waals surface area contributed by atoms with Gasteiger partial charge in [0.25, 0.3) is 0 Å². The fourth-order valence-corrected chi connectivity index (χ4v) is 5.13. The summed E-state index contributed by atoms with van der Waals surface area (Å²) < 4.78 is 1.47. The zero-order valence-corrected chi connectivity index (χ0v) is 18.1. The SMILES string of the molecule is Cc1c(N2CCC3(CCN(CC(O)c4ccc(-n5cnnn5)nc4)CC3)CC2)c(=O)c1=O. The Bertz CT molecular complexity index is 1130. The van der Waals surface area contributed by atoms with Gasteiger partial charge >= 0.3 is 0 Å². The molecule has 32 heavy (non-hydrogen) atoms. The lowest BCUT2D eigenvalue weighted by Gasteiger charge is -2.47. The van der Waals surface area contributed by atoms with Crippen molar-refractivity contribution >= 4 is 5.69 Å². The smallest absolute Gasteiger partial charge is 0.249 e. The first-order valence-corrected chi connectivity index (χ1v) is 11.1. The van der Waals surface area contributed by atoms with Crippen molar-refractivity contribution in [3.8, 4) is 5.82 Å². The van der Waals surface area contributed by atoms with Crippen LogP contribution in [0, 0.1) is 12.3 Å². The molecule has 4 heterocycles. The number of piperidine rings is 2. The van der Waals surface area contributed by atoms with E-state index in [2.05, 4.69) is 30.3 Å². The summed E-state index contributed by atoms with van der Waals surface area (Å²) in [5.74, 6) is 0.608. The summed E-state index contributed by atoms with van der Waals surface area (Å²) in [6.07, 6.45) is 6.83. The zero-order valence-electron chi connectivity index (χ0n) is 18.1. The topological polar surface area (TPSA) is 117 Å². The second kappa shape index (κ2) is 8.18. The second-order valence-corrected chi connectivity index (χ2v) is 9.14. The Morgan fingerprint density at radius 1 is 1.06 bits per heavy atom. The first kappa shape index (κ1) is 20.9. The molecule has 0 aliphatic carbocycles. The van der Waals surface area contributed by atoms with Crippen LogP contribution in [-0.2, 0) is 0 Å². The van der Waals surface area contributed by atoms with Crippen LogP contribution < -0.4 is 15.8 Å². The molecule has 3 aromatic rings. The first-order valence-electron chi connectivity index (χ1n) is 11.1. The van der Waals surface area contributed by atoms with Crippen molar-refractivity contribution in [1.29, 1.82) is 0 Å². The van der Waals surface area contributed by atoms with Crippen LogP contribution in [0.4, 0.5) is 5.69 Å². The minimum absolute atomic E-state index is 0.304. The molecule has 2 fully saturated rings. The summed E-state index contributed by atoms with van der Waals surface area (Å²) in [4.78, 5) is 32.2. The molecule has 1 atom stereocenters. The van der Waals surface area contributed by atoms with Crippen LogP contribution in [0.1, 0.15) is 42.9 Å². The van der Waals surface area contributed by atoms with Gasteiger partial charge in [-0.15, -0.1) is 5.10 Å². The number of tetrazole rings is 1. The maximum absolute atomic E-state index is 11.9. The van der Waals surface area contributed by atoms with Crippen LogP contribution in [0.15, 0.2) is 34.2 Å². The predicted molar refractivity (Wildman–Crippen MR) is 118 cm³/mol. The molecule has 168 valence electrons. The van der Waals surface area contributed by atoms with Crippen LogP contribution >= 0.6 is 0 Å². The largest absolute Gasteiger partial charge is 0.387 e. The Balaban J connectivity index is 1.13. The Morgan fingerprint density at radius 2 is 1.78 bits per heavy atom. The van der Waals surface area contributed by atoms with E-state index in [0.29, 0.717) is 29.0 Å². The van der Waals surface area contributed by atoms with E-state index in [9.17, 15) is 14.7 Å². The van der Waals surface area contributed by atoms with E-state index in [-0.39, 0.29) is 10.9 Å². The number of nitrogens with zero attached hydrogens (tertiary/aromatic N) is 7. The van der Waals surface area contributed by atoms with Gasteiger partial charge in [0, 0.05) is 37.0 Å². The monoisotopic (exact) mass is 437 g/mol. The van der Waals surface area contributed by atoms with Crippen molar-refractivity contribution in [2.45, 2.75) is 38.7 Å². The maximum Gasteiger partial charge on any atom is 0.249 e. The van der Waals surface area contributed by atoms with Gasteiger partial charge in [-0.05, 0) is 67.6 Å². The first-order chi connectivity index (χ1) is 15.5. The average molecular weight is 438 g/mol. The normalized spacial score (nSPS) is 20.1. The third-order valence-electron chi connectivity index (χ3n) is 7.34. The summed E-state index contributed by atoms with van der Waals surface area (Å²) in [5.41, 5.74) is 1.70. The molecular weight excluding hydrogens is 410 g/mol. The highest BCUT2D eigenvalue weighted by atomic mass is 16.3. The van der Waals surface area contributed by atoms with Crippen molar-refractivity contribution in [3.05, 3.63) is 56.2 Å². The van der Waals surface area contributed by atoms with E-state index in [4.69, 9.17) is 0 Å². The molecule has 2 aromatic heterocycles. The molecule has 2 aliphatic heterocycles. The van der Waals surface area contributed by atoms with Crippen LogP contribution in [-0.4, -0.2) is 67.9 Å². The van der Waals surface area contributed by atoms with Crippen LogP contribution in [0.3, 0.4) is 0 Å². The minimum atomic E-state index is -0.599. The molecule has 1 spiro atoms. The summed E-state index contributed by atoms with van der Waals surface area (Å²) in [5, 5.41) is 21.7. The fraction of sp³-hybridized carbons (Fsp3) is 0.545. The molecule has 5 rings (SSSR count). The standard InChI is InChI=1S/C22H27N7O3/c1-15-19(21(32)20(15)31)28-10-6-22(7-11-28)4-8-27(9-5-22)13-17(30)16-2-3-18(23-12-16)29-14-24-25-26-29/h2-3,12,14,17,30H,4-11,13H2,1H3. The number of aliphatic hydroxyl groups is 1. The van der Waals surface area contributed by atoms with Gasteiger partial charge in [0.15, 0.2) is 5.82 Å². The molecule has 1 N–H and O–H groups in total. The van der Waals surface area contributed by atoms with Gasteiger partial charge < -0.3 is 14.9 Å². The van der Waals surface area contributed by atoms with Crippen molar-refractivity contribution in [1.82, 2.24) is 30.1 Å². The van der Waals surface area contributed by atoms with E-state index in [0.717, 1.165) is 57.4 Å². The molecule has 0 saturated carbocycles. The number of β-amino-alcohol motifs (C(OH)–C–C–N with tert-alkyl or cyclic N) is 1. The van der Waals surface area contributed by atoms with Gasteiger partial charge in [0.05, 0.1) is 11.8 Å². The van der Waals surface area contributed by atoms with E-state index >= 15 is 0 Å². The molecule has 2 saturated heterocycles. The van der Waals surface area contributed by atoms with Gasteiger partial charge in [-0.3, -0.25) is 9.59 Å². The summed E-state index contributed by atoms with van der Waals surface area (Å²) in [6, 6.07) is 3.66. The second-order valence-electron chi connectivity index (χ2n) is 9.14. The predicted octanol–water partition coefficient (Wildman–Crippen LogP) is 0.378. The molecule has 10 heteroatoms. The van der Waals surface area contributed by atoms with Crippen LogP contribution in [0.2, 0.25) is 0 Å². The van der Waals surface area contributed by atoms with E-state index in [1.54, 1.807) is 19.2 Å². The van der Waals surface area contributed by atoms with E-state index in [1.807, 2.05) is 6.07 Å². The number of rotatable bonds is 5. The third-order valence-corrected chi connectivity index (χ3v) is 7.34. The Morgan fingerprint density at radius 3 is 2.38 bits per heavy atom. The number of aliphatic hydroxyl groups excluding tert-OH is 1. The molecule has 1 unspecified atom stereocenters. The Kier molecular flexibility index (Phi) is 5.34. The van der Waals surface area contributed by atoms with Crippen molar-refractivity contribution in [2.75, 3.05) is 37.6 Å². The molecular formula is C22H27N7O3. The minimum Gasteiger partial charge on any atom is -0.387 e. The highest BCUT2D eigenvalue weighted by Crippen LogP contribution is 2.42. The number of hydrogen-bond donors (Lipinski definition) is 1. The average Bonchev–Trinajstić information content (AvgIpc) is 3.37. The summed E-state index contributed by atoms with van der Waals surface area (Å²) in [6.45, 7) is 5.92. The highest BCUT2D eigenvalue weighted by Gasteiger charge is 2.39. The van der Waals surface area contributed by atoms with Crippen molar-refractivity contribution in [2.24, 2.45) is 5.41 Å². The molecule has 1 aromatic carbocycles. The summed E-state index contributed by atoms with van der Waals surface area (Å²) >= 11 is 0. The number of hydrogen-bond acceptors (Lipinski definition) is 9. The Hall–Kier alpha value is -2.98. The lowest BCUT2D eigenvalue weighted by molar-refractivity contribution is 0.0449. The lowest BCUT2D eigenvalue weighted by atomic mass is 9.71. The molecule has 10 nitrogen and oxygen atoms in total. The summed E-state index contributed by atoms with van der Waals surface area (Å²) in [7, 11) is 0. The number of pyridine rings is 1. The number of aromatic nitrogens is 5. The quantitative estimate of drug-likeness (QED) is 0.565. The fourth-order valence-electron chi connectivity index (χ4n) is 5.13. The van der Waals surface area contributed by atoms with Crippen LogP contribution in [0.5, 0.6) is 0 Å². The maximum atomic E-state index is 11.9. The van der Waals surface area contributed by atoms with Gasteiger partial charge in [-0.2, -0.15) is 4.68 Å². The van der Waals surface area contributed by atoms with Gasteiger partial charge in [-0.25, -0.2) is 4.98 Å². The zero-order chi connectivity index (χ0) is 22.3. The van der Waals surface area contributed by atoms with Gasteiger partial charge in [0.1, 0.15) is 6.33 Å². The highest BCUT2D eigenvalue weighted by molar-refractivity contribution is 5.58. The van der Waals surface area contributed by atoms with E-state index < -0.39 is 6.10 Å². The van der Waals surface area contributed by atoms with Gasteiger partial charge in [-0.1, -0.05) is 6.07 Å². The Labute approximate surface area is 185 Å². The van der Waals surface area contributed by atoms with Crippen molar-refractivity contribution in [3.63, 3.8) is 0 Å². The molecule has 0 bridgehead atoms.